The number of benzene rings is 1. The highest BCUT2D eigenvalue weighted by molar-refractivity contribution is 7.99. The largest absolute Gasteiger partial charge is 0.322 e. The molecule has 0 saturated heterocycles. The Kier molecular flexibility index (Phi) is 3.47. The summed E-state index contributed by atoms with van der Waals surface area (Å²) < 4.78 is 1.82. The molecule has 0 amide bonds. The van der Waals surface area contributed by atoms with Crippen LogP contribution in [-0.2, 0) is 0 Å². The quantitative estimate of drug-likeness (QED) is 0.600. The Morgan fingerprint density at radius 2 is 2.00 bits per heavy atom. The van der Waals surface area contributed by atoms with Crippen molar-refractivity contribution in [1.82, 2.24) is 24.8 Å². The summed E-state index contributed by atoms with van der Waals surface area (Å²) in [6, 6.07) is 15.9. The van der Waals surface area contributed by atoms with Crippen molar-refractivity contribution in [2.45, 2.75) is 17.0 Å². The minimum atomic E-state index is 0.676. The van der Waals surface area contributed by atoms with Gasteiger partial charge in [0, 0.05) is 22.9 Å². The smallest absolute Gasteiger partial charge is 0.214 e. The first kappa shape index (κ1) is 13.8. The van der Waals surface area contributed by atoms with Crippen molar-refractivity contribution in [2.24, 2.45) is 0 Å². The molecule has 0 unspecified atom stereocenters. The molecule has 0 saturated carbocycles. The fraction of sp³-hybridized carbons (Fsp3) is 0.0625. The molecule has 6 nitrogen and oxygen atoms in total. The molecule has 0 radical (unpaired) electrons. The summed E-state index contributed by atoms with van der Waals surface area (Å²) in [5.74, 6) is 1.47. The van der Waals surface area contributed by atoms with Gasteiger partial charge in [0.05, 0.1) is 0 Å². The third-order valence-corrected chi connectivity index (χ3v) is 4.14. The van der Waals surface area contributed by atoms with Gasteiger partial charge in [-0.1, -0.05) is 18.2 Å². The van der Waals surface area contributed by atoms with Gasteiger partial charge in [-0.25, -0.2) is 9.50 Å². The molecule has 7 heteroatoms. The number of hydrogen-bond donors (Lipinski definition) is 2. The van der Waals surface area contributed by atoms with Gasteiger partial charge in [0.15, 0.2) is 11.6 Å². The molecule has 0 aliphatic heterocycles. The number of H-pyrrole nitrogens is 1. The van der Waals surface area contributed by atoms with E-state index < -0.39 is 0 Å². The Balaban J connectivity index is 1.72. The summed E-state index contributed by atoms with van der Waals surface area (Å²) >= 11 is 1.52. The van der Waals surface area contributed by atoms with Crippen LogP contribution in [0, 0.1) is 6.92 Å². The number of anilines is 2. The minimum absolute atomic E-state index is 0.676. The number of aromatic amines is 1. The number of fused-ring (bicyclic) bond motifs is 1. The Labute approximate surface area is 137 Å². The third kappa shape index (κ3) is 2.91. The number of nitrogens with zero attached hydrogens (tertiary/aromatic N) is 4. The van der Waals surface area contributed by atoms with E-state index in [2.05, 4.69) is 25.6 Å². The van der Waals surface area contributed by atoms with Crippen LogP contribution in [0.15, 0.2) is 64.8 Å². The molecule has 3 heterocycles. The molecule has 4 aromatic rings. The zero-order valence-electron chi connectivity index (χ0n) is 12.4. The fourth-order valence-corrected chi connectivity index (χ4v) is 3.02. The lowest BCUT2D eigenvalue weighted by molar-refractivity contribution is 0.801. The molecule has 114 valence electrons. The predicted octanol–water partition coefficient (Wildman–Crippen LogP) is 3.66. The summed E-state index contributed by atoms with van der Waals surface area (Å²) in [6.45, 7) is 1.96. The van der Waals surface area contributed by atoms with Crippen LogP contribution in [0.3, 0.4) is 0 Å². The average molecular weight is 322 g/mol. The summed E-state index contributed by atoms with van der Waals surface area (Å²) in [4.78, 5) is 5.74. The average Bonchev–Trinajstić information content (AvgIpc) is 3.17. The number of aromatic nitrogens is 5. The Morgan fingerprint density at radius 1 is 1.13 bits per heavy atom. The van der Waals surface area contributed by atoms with Gasteiger partial charge in [-0.3, -0.25) is 5.10 Å². The van der Waals surface area contributed by atoms with E-state index in [1.165, 1.54) is 11.8 Å². The molecule has 0 bridgehead atoms. The van der Waals surface area contributed by atoms with E-state index in [-0.39, 0.29) is 0 Å². The number of hydrogen-bond acceptors (Lipinski definition) is 5. The maximum absolute atomic E-state index is 4.64. The van der Waals surface area contributed by atoms with Crippen LogP contribution in [0.2, 0.25) is 0 Å². The van der Waals surface area contributed by atoms with E-state index in [0.717, 1.165) is 27.7 Å². The summed E-state index contributed by atoms with van der Waals surface area (Å²) in [6.07, 6.45) is 1.91. The molecule has 1 aromatic carbocycles. The molecule has 0 spiro atoms. The van der Waals surface area contributed by atoms with Gasteiger partial charge in [0.2, 0.25) is 5.16 Å². The second-order valence-corrected chi connectivity index (χ2v) is 6.10. The summed E-state index contributed by atoms with van der Waals surface area (Å²) in [5.41, 5.74) is 1.90. The molecule has 23 heavy (non-hydrogen) atoms. The molecular formula is C16H14N6S. The summed E-state index contributed by atoms with van der Waals surface area (Å²) in [5, 5.41) is 15.6. The van der Waals surface area contributed by atoms with E-state index in [1.807, 2.05) is 66.2 Å². The lowest BCUT2D eigenvalue weighted by atomic mass is 10.4. The van der Waals surface area contributed by atoms with Gasteiger partial charge in [0.25, 0.3) is 0 Å². The maximum Gasteiger partial charge on any atom is 0.214 e. The molecule has 2 N–H and O–H groups in total. The van der Waals surface area contributed by atoms with Crippen LogP contribution in [0.5, 0.6) is 0 Å². The molecular weight excluding hydrogens is 308 g/mol. The highest BCUT2D eigenvalue weighted by atomic mass is 32.2. The van der Waals surface area contributed by atoms with Crippen LogP contribution < -0.4 is 5.32 Å². The standard InChI is InChI=1S/C16H14N6S/c1-11-10-14(20-19-11)17-15-13-8-5-9-22(13)21-16(18-15)23-12-6-3-2-4-7-12/h2-10H,1H3,(H2,17,18,19,20,21). The molecule has 0 aliphatic carbocycles. The van der Waals surface area contributed by atoms with E-state index in [0.29, 0.717) is 5.16 Å². The van der Waals surface area contributed by atoms with Crippen LogP contribution in [0.1, 0.15) is 5.69 Å². The van der Waals surface area contributed by atoms with Crippen LogP contribution in [0.4, 0.5) is 11.6 Å². The first-order valence-corrected chi connectivity index (χ1v) is 7.97. The zero-order chi connectivity index (χ0) is 15.6. The van der Waals surface area contributed by atoms with E-state index in [4.69, 9.17) is 0 Å². The topological polar surface area (TPSA) is 70.9 Å². The second-order valence-electron chi connectivity index (χ2n) is 5.06. The van der Waals surface area contributed by atoms with Crippen LogP contribution in [-0.4, -0.2) is 24.8 Å². The minimum Gasteiger partial charge on any atom is -0.322 e. The third-order valence-electron chi connectivity index (χ3n) is 3.28. The molecule has 3 aromatic heterocycles. The van der Waals surface area contributed by atoms with Crippen molar-refractivity contribution in [3.8, 4) is 0 Å². The number of aryl methyl sites for hydroxylation is 1. The van der Waals surface area contributed by atoms with Crippen molar-refractivity contribution in [3.05, 3.63) is 60.4 Å². The van der Waals surface area contributed by atoms with E-state index in [1.54, 1.807) is 0 Å². The number of rotatable bonds is 4. The SMILES string of the molecule is Cc1cc(Nc2nc(Sc3ccccc3)nn3cccc23)n[nH]1. The normalized spacial score (nSPS) is 11.0. The monoisotopic (exact) mass is 322 g/mol. The van der Waals surface area contributed by atoms with Gasteiger partial charge in [-0.15, -0.1) is 5.10 Å². The maximum atomic E-state index is 4.64. The lowest BCUT2D eigenvalue weighted by Crippen LogP contribution is -2.02. The molecule has 0 fully saturated rings. The predicted molar refractivity (Wildman–Crippen MR) is 90.2 cm³/mol. The molecule has 0 atom stereocenters. The second kappa shape index (κ2) is 5.77. The Hall–Kier alpha value is -2.80. The Morgan fingerprint density at radius 3 is 2.78 bits per heavy atom. The summed E-state index contributed by atoms with van der Waals surface area (Å²) in [7, 11) is 0. The zero-order valence-corrected chi connectivity index (χ0v) is 13.2. The first-order valence-electron chi connectivity index (χ1n) is 7.15. The van der Waals surface area contributed by atoms with Gasteiger partial charge in [0.1, 0.15) is 5.52 Å². The molecule has 4 rings (SSSR count). The lowest BCUT2D eigenvalue weighted by Gasteiger charge is -2.07. The van der Waals surface area contributed by atoms with E-state index in [9.17, 15) is 0 Å². The highest BCUT2D eigenvalue weighted by Crippen LogP contribution is 2.27. The van der Waals surface area contributed by atoms with Gasteiger partial charge in [-0.2, -0.15) is 5.10 Å². The van der Waals surface area contributed by atoms with Crippen molar-refractivity contribution < 1.29 is 0 Å². The van der Waals surface area contributed by atoms with E-state index >= 15 is 0 Å². The van der Waals surface area contributed by atoms with Crippen molar-refractivity contribution in [3.63, 3.8) is 0 Å². The highest BCUT2D eigenvalue weighted by Gasteiger charge is 2.10. The van der Waals surface area contributed by atoms with Crippen LogP contribution >= 0.6 is 11.8 Å². The van der Waals surface area contributed by atoms with Gasteiger partial charge >= 0.3 is 0 Å². The molecule has 0 aliphatic rings. The van der Waals surface area contributed by atoms with Crippen molar-refractivity contribution >= 4 is 28.9 Å². The van der Waals surface area contributed by atoms with Crippen molar-refractivity contribution in [1.29, 1.82) is 0 Å². The van der Waals surface area contributed by atoms with Gasteiger partial charge < -0.3 is 5.32 Å². The first-order chi connectivity index (χ1) is 11.3. The fourth-order valence-electron chi connectivity index (χ4n) is 2.25. The van der Waals surface area contributed by atoms with Gasteiger partial charge in [-0.05, 0) is 43.0 Å². The Bertz CT molecular complexity index is 944. The van der Waals surface area contributed by atoms with Crippen molar-refractivity contribution in [2.75, 3.05) is 5.32 Å². The number of nitrogens with one attached hydrogen (secondary N) is 2. The van der Waals surface area contributed by atoms with Crippen LogP contribution in [0.25, 0.3) is 5.52 Å².